The molecule has 1 atom stereocenters. The molecule has 0 unspecified atom stereocenters. The van der Waals surface area contributed by atoms with E-state index in [1.165, 1.54) is 14.0 Å². The lowest BCUT2D eigenvalue weighted by molar-refractivity contribution is -0.150. The molecule has 0 aliphatic heterocycles. The highest BCUT2D eigenvalue weighted by atomic mass is 32.2. The van der Waals surface area contributed by atoms with Crippen molar-refractivity contribution in [1.29, 1.82) is 0 Å². The van der Waals surface area contributed by atoms with E-state index < -0.39 is 29.6 Å². The average molecular weight is 381 g/mol. The predicted octanol–water partition coefficient (Wildman–Crippen LogP) is 3.64. The molecule has 2 rings (SSSR count). The lowest BCUT2D eigenvalue weighted by Gasteiger charge is -2.15. The molecule has 2 aromatic carbocycles. The van der Waals surface area contributed by atoms with Gasteiger partial charge in [0.05, 0.1) is 18.6 Å². The number of nitrogens with one attached hydrogen (secondary N) is 1. The van der Waals surface area contributed by atoms with Gasteiger partial charge in [-0.05, 0) is 37.3 Å². The van der Waals surface area contributed by atoms with Crippen molar-refractivity contribution in [2.75, 3.05) is 18.2 Å². The molecule has 8 heteroatoms. The second-order valence-corrected chi connectivity index (χ2v) is 6.20. The Morgan fingerprint density at radius 3 is 2.65 bits per heavy atom. The summed E-state index contributed by atoms with van der Waals surface area (Å²) in [6, 6.07) is 9.75. The number of para-hydroxylation sites is 2. The van der Waals surface area contributed by atoms with Gasteiger partial charge in [-0.1, -0.05) is 12.1 Å². The van der Waals surface area contributed by atoms with E-state index in [9.17, 15) is 18.4 Å². The molecule has 1 amide bonds. The molecule has 138 valence electrons. The fraction of sp³-hybridized carbons (Fsp3) is 0.222. The van der Waals surface area contributed by atoms with E-state index >= 15 is 0 Å². The number of thioether (sulfide) groups is 1. The zero-order valence-corrected chi connectivity index (χ0v) is 14.9. The summed E-state index contributed by atoms with van der Waals surface area (Å²) in [7, 11) is 1.47. The van der Waals surface area contributed by atoms with Gasteiger partial charge in [0.15, 0.2) is 6.10 Å². The van der Waals surface area contributed by atoms with Crippen LogP contribution in [0.4, 0.5) is 14.5 Å². The minimum Gasteiger partial charge on any atom is -0.495 e. The molecule has 0 aliphatic carbocycles. The first-order chi connectivity index (χ1) is 12.4. The normalized spacial score (nSPS) is 11.5. The summed E-state index contributed by atoms with van der Waals surface area (Å²) >= 11 is 0.792. The molecule has 0 saturated heterocycles. The topological polar surface area (TPSA) is 64.6 Å². The Bertz CT molecular complexity index is 801. The fourth-order valence-electron chi connectivity index (χ4n) is 1.99. The van der Waals surface area contributed by atoms with E-state index in [-0.39, 0.29) is 10.6 Å². The van der Waals surface area contributed by atoms with Gasteiger partial charge in [0.2, 0.25) is 0 Å². The zero-order valence-electron chi connectivity index (χ0n) is 14.1. The lowest BCUT2D eigenvalue weighted by Crippen LogP contribution is -2.30. The van der Waals surface area contributed by atoms with E-state index in [4.69, 9.17) is 9.47 Å². The molecular weight excluding hydrogens is 364 g/mol. The van der Waals surface area contributed by atoms with Gasteiger partial charge in [0.25, 0.3) is 5.91 Å². The summed E-state index contributed by atoms with van der Waals surface area (Å²) in [6.45, 7) is 1.41. The smallest absolute Gasteiger partial charge is 0.317 e. The third kappa shape index (κ3) is 5.45. The van der Waals surface area contributed by atoms with Crippen molar-refractivity contribution < 1.29 is 27.8 Å². The highest BCUT2D eigenvalue weighted by Crippen LogP contribution is 2.24. The molecule has 5 nitrogen and oxygen atoms in total. The standard InChI is InChI=1S/C18H17F2NO4S/c1-11(18(23)21-14-5-3-4-6-15(14)24-2)25-17(22)10-26-16-9-12(19)7-8-13(16)20/h3-9,11H,10H2,1-2H3,(H,21,23)/t11-/m0/s1. The largest absolute Gasteiger partial charge is 0.495 e. The first-order valence-electron chi connectivity index (χ1n) is 7.62. The van der Waals surface area contributed by atoms with Crippen LogP contribution in [0.3, 0.4) is 0 Å². The molecule has 0 spiro atoms. The maximum atomic E-state index is 13.5. The van der Waals surface area contributed by atoms with Gasteiger partial charge in [-0.3, -0.25) is 9.59 Å². The number of benzene rings is 2. The van der Waals surface area contributed by atoms with Crippen molar-refractivity contribution in [3.05, 3.63) is 54.1 Å². The van der Waals surface area contributed by atoms with Crippen LogP contribution in [0.25, 0.3) is 0 Å². The van der Waals surface area contributed by atoms with Crippen molar-refractivity contribution in [2.45, 2.75) is 17.9 Å². The summed E-state index contributed by atoms with van der Waals surface area (Å²) in [5.74, 6) is -2.28. The molecule has 0 radical (unpaired) electrons. The number of hydrogen-bond donors (Lipinski definition) is 1. The molecule has 0 bridgehead atoms. The first-order valence-corrected chi connectivity index (χ1v) is 8.60. The predicted molar refractivity (Wildman–Crippen MR) is 94.3 cm³/mol. The summed E-state index contributed by atoms with van der Waals surface area (Å²) in [5.41, 5.74) is 0.444. The number of carbonyl (C=O) groups excluding carboxylic acids is 2. The number of carbonyl (C=O) groups is 2. The molecule has 2 aromatic rings. The van der Waals surface area contributed by atoms with Crippen molar-refractivity contribution in [3.63, 3.8) is 0 Å². The van der Waals surface area contributed by atoms with Crippen LogP contribution in [0, 0.1) is 11.6 Å². The van der Waals surface area contributed by atoms with Crippen molar-refractivity contribution in [3.8, 4) is 5.75 Å². The number of rotatable bonds is 7. The van der Waals surface area contributed by atoms with Crippen molar-refractivity contribution in [2.24, 2.45) is 0 Å². The fourth-order valence-corrected chi connectivity index (χ4v) is 2.73. The van der Waals surface area contributed by atoms with Crippen LogP contribution in [0.1, 0.15) is 6.92 Å². The third-order valence-corrected chi connectivity index (χ3v) is 4.28. The second kappa shape index (κ2) is 9.19. The highest BCUT2D eigenvalue weighted by Gasteiger charge is 2.19. The third-order valence-electron chi connectivity index (χ3n) is 3.28. The molecular formula is C18H17F2NO4S. The maximum absolute atomic E-state index is 13.5. The van der Waals surface area contributed by atoms with Crippen LogP contribution < -0.4 is 10.1 Å². The zero-order chi connectivity index (χ0) is 19.1. The van der Waals surface area contributed by atoms with E-state index in [1.807, 2.05) is 0 Å². The highest BCUT2D eigenvalue weighted by molar-refractivity contribution is 8.00. The lowest BCUT2D eigenvalue weighted by atomic mass is 10.2. The van der Waals surface area contributed by atoms with E-state index in [1.54, 1.807) is 24.3 Å². The number of anilines is 1. The van der Waals surface area contributed by atoms with Crippen LogP contribution >= 0.6 is 11.8 Å². The number of amides is 1. The number of ether oxygens (including phenoxy) is 2. The summed E-state index contributed by atoms with van der Waals surface area (Å²) in [6.07, 6.45) is -1.06. The van der Waals surface area contributed by atoms with Crippen LogP contribution in [0.15, 0.2) is 47.4 Å². The number of hydrogen-bond acceptors (Lipinski definition) is 5. The summed E-state index contributed by atoms with van der Waals surface area (Å²) < 4.78 is 36.8. The van der Waals surface area contributed by atoms with Gasteiger partial charge in [0, 0.05) is 4.90 Å². The first kappa shape index (κ1) is 19.7. The second-order valence-electron chi connectivity index (χ2n) is 5.19. The van der Waals surface area contributed by atoms with Crippen molar-refractivity contribution in [1.82, 2.24) is 0 Å². The quantitative estimate of drug-likeness (QED) is 0.586. The van der Waals surface area contributed by atoms with Gasteiger partial charge >= 0.3 is 5.97 Å². The van der Waals surface area contributed by atoms with Gasteiger partial charge in [-0.25, -0.2) is 8.78 Å². The Balaban J connectivity index is 1.88. The molecule has 0 saturated carbocycles. The van der Waals surface area contributed by atoms with Crippen LogP contribution in [0.2, 0.25) is 0 Å². The Hall–Kier alpha value is -2.61. The van der Waals surface area contributed by atoms with E-state index in [0.717, 1.165) is 30.0 Å². The van der Waals surface area contributed by atoms with Gasteiger partial charge in [-0.2, -0.15) is 0 Å². The molecule has 0 aromatic heterocycles. The monoisotopic (exact) mass is 381 g/mol. The van der Waals surface area contributed by atoms with Crippen LogP contribution in [-0.2, 0) is 14.3 Å². The maximum Gasteiger partial charge on any atom is 0.317 e. The van der Waals surface area contributed by atoms with Crippen LogP contribution in [0.5, 0.6) is 5.75 Å². The molecule has 0 fully saturated rings. The number of methoxy groups -OCH3 is 1. The number of esters is 1. The molecule has 0 heterocycles. The Morgan fingerprint density at radius 2 is 1.92 bits per heavy atom. The molecule has 26 heavy (non-hydrogen) atoms. The summed E-state index contributed by atoms with van der Waals surface area (Å²) in [5, 5.41) is 2.60. The molecule has 0 aliphatic rings. The Labute approximate surface area is 153 Å². The van der Waals surface area contributed by atoms with E-state index in [0.29, 0.717) is 11.4 Å². The summed E-state index contributed by atoms with van der Waals surface area (Å²) in [4.78, 5) is 24.0. The van der Waals surface area contributed by atoms with Gasteiger partial charge < -0.3 is 14.8 Å². The average Bonchev–Trinajstić information content (AvgIpc) is 2.62. The van der Waals surface area contributed by atoms with Gasteiger partial charge in [0.1, 0.15) is 17.4 Å². The SMILES string of the molecule is COc1ccccc1NC(=O)[C@H](C)OC(=O)CSc1cc(F)ccc1F. The molecule has 1 N–H and O–H groups in total. The minimum absolute atomic E-state index is 0.00641. The Kier molecular flexibility index (Phi) is 6.97. The number of halogens is 2. The Morgan fingerprint density at radius 1 is 1.19 bits per heavy atom. The minimum atomic E-state index is -1.06. The van der Waals surface area contributed by atoms with E-state index in [2.05, 4.69) is 5.32 Å². The van der Waals surface area contributed by atoms with Crippen molar-refractivity contribution >= 4 is 29.3 Å². The van der Waals surface area contributed by atoms with Crippen LogP contribution in [-0.4, -0.2) is 30.8 Å². The van der Waals surface area contributed by atoms with Gasteiger partial charge in [-0.15, -0.1) is 11.8 Å².